The van der Waals surface area contributed by atoms with Gasteiger partial charge in [0, 0.05) is 15.6 Å². The van der Waals surface area contributed by atoms with Gasteiger partial charge < -0.3 is 15.0 Å². The zero-order valence-corrected chi connectivity index (χ0v) is 19.9. The number of rotatable bonds is 7. The van der Waals surface area contributed by atoms with Gasteiger partial charge in [0.2, 0.25) is 5.91 Å². The van der Waals surface area contributed by atoms with Crippen LogP contribution in [0.1, 0.15) is 22.8 Å². The summed E-state index contributed by atoms with van der Waals surface area (Å²) in [6, 6.07) is 23.9. The number of carbonyl (C=O) groups excluding carboxylic acids is 2. The van der Waals surface area contributed by atoms with Crippen LogP contribution in [0, 0.1) is 0 Å². The van der Waals surface area contributed by atoms with E-state index in [1.807, 2.05) is 47.0 Å². The largest absolute Gasteiger partial charge is 0.462 e. The van der Waals surface area contributed by atoms with E-state index < -0.39 is 11.9 Å². The number of halogens is 2. The number of nitrogens with two attached hydrogens (primary N) is 1. The molecule has 3 aromatic carbocycles. The molecule has 0 atom stereocenters. The fraction of sp³-hybridized carbons (Fsp3) is 0.111. The number of esters is 1. The molecule has 1 amide bonds. The number of aromatic nitrogens is 1. The molecule has 0 radical (unpaired) electrons. The van der Waals surface area contributed by atoms with Gasteiger partial charge in [-0.15, -0.1) is 0 Å². The van der Waals surface area contributed by atoms with Crippen LogP contribution in [-0.2, 0) is 16.0 Å². The van der Waals surface area contributed by atoms with E-state index in [0.717, 1.165) is 11.3 Å². The van der Waals surface area contributed by atoms with Crippen molar-refractivity contribution in [2.75, 3.05) is 6.61 Å². The van der Waals surface area contributed by atoms with Crippen LogP contribution in [0.2, 0.25) is 10.0 Å². The average Bonchev–Trinajstić information content (AvgIpc) is 3.21. The molecule has 7 heteroatoms. The highest BCUT2D eigenvalue weighted by Gasteiger charge is 2.26. The van der Waals surface area contributed by atoms with Crippen molar-refractivity contribution in [1.82, 2.24) is 4.57 Å². The number of ether oxygens (including phenoxy) is 1. The number of hydrogen-bond donors (Lipinski definition) is 1. The summed E-state index contributed by atoms with van der Waals surface area (Å²) >= 11 is 12.7. The van der Waals surface area contributed by atoms with Crippen molar-refractivity contribution >= 4 is 35.1 Å². The molecule has 0 fully saturated rings. The molecule has 0 aliphatic rings. The Morgan fingerprint density at radius 1 is 0.882 bits per heavy atom. The Morgan fingerprint density at radius 2 is 1.59 bits per heavy atom. The highest BCUT2D eigenvalue weighted by atomic mass is 35.5. The Hall–Kier alpha value is -3.54. The number of primary amides is 1. The van der Waals surface area contributed by atoms with E-state index in [-0.39, 0.29) is 13.0 Å². The number of amides is 1. The van der Waals surface area contributed by atoms with Crippen LogP contribution < -0.4 is 5.73 Å². The molecule has 2 N–H and O–H groups in total. The lowest BCUT2D eigenvalue weighted by molar-refractivity contribution is -0.117. The van der Waals surface area contributed by atoms with Crippen molar-refractivity contribution in [2.24, 2.45) is 5.73 Å². The lowest BCUT2D eigenvalue weighted by Crippen LogP contribution is -2.16. The maximum atomic E-state index is 13.1. The third kappa shape index (κ3) is 4.86. The van der Waals surface area contributed by atoms with Crippen LogP contribution in [0.3, 0.4) is 0 Å². The Bertz CT molecular complexity index is 1360. The second-order valence-electron chi connectivity index (χ2n) is 7.64. The molecule has 34 heavy (non-hydrogen) atoms. The molecule has 1 aromatic heterocycles. The van der Waals surface area contributed by atoms with Crippen molar-refractivity contribution in [3.8, 4) is 28.2 Å². The number of benzene rings is 3. The van der Waals surface area contributed by atoms with E-state index in [0.29, 0.717) is 38.1 Å². The minimum absolute atomic E-state index is 0.00262. The van der Waals surface area contributed by atoms with E-state index in [1.165, 1.54) is 0 Å². The first-order valence-electron chi connectivity index (χ1n) is 10.7. The molecule has 4 rings (SSSR count). The van der Waals surface area contributed by atoms with Gasteiger partial charge in [0.15, 0.2) is 0 Å². The summed E-state index contributed by atoms with van der Waals surface area (Å²) in [5.41, 5.74) is 10.1. The summed E-state index contributed by atoms with van der Waals surface area (Å²) in [7, 11) is 0. The molecule has 0 spiro atoms. The molecule has 0 saturated carbocycles. The normalized spacial score (nSPS) is 10.8. The van der Waals surface area contributed by atoms with Gasteiger partial charge in [-0.25, -0.2) is 4.79 Å². The van der Waals surface area contributed by atoms with E-state index >= 15 is 0 Å². The molecule has 0 aliphatic heterocycles. The summed E-state index contributed by atoms with van der Waals surface area (Å²) in [5.74, 6) is -0.946. The van der Waals surface area contributed by atoms with Gasteiger partial charge in [0.05, 0.1) is 35.7 Å². The SMILES string of the molecule is CCOC(=O)c1cc(-c2ccccc2)n(-c2cc(Cl)ccc2CC(N)=O)c1-c1cccc(Cl)c1. The second-order valence-corrected chi connectivity index (χ2v) is 8.51. The molecule has 0 aliphatic carbocycles. The topological polar surface area (TPSA) is 74.3 Å². The average molecular weight is 493 g/mol. The smallest absolute Gasteiger partial charge is 0.340 e. The summed E-state index contributed by atoms with van der Waals surface area (Å²) < 4.78 is 7.31. The monoisotopic (exact) mass is 492 g/mol. The van der Waals surface area contributed by atoms with Gasteiger partial charge in [-0.3, -0.25) is 4.79 Å². The Morgan fingerprint density at radius 3 is 2.26 bits per heavy atom. The molecular weight excluding hydrogens is 471 g/mol. The van der Waals surface area contributed by atoms with Crippen LogP contribution in [-0.4, -0.2) is 23.1 Å². The number of nitrogens with zero attached hydrogens (tertiary/aromatic N) is 1. The van der Waals surface area contributed by atoms with E-state index in [4.69, 9.17) is 33.7 Å². The minimum Gasteiger partial charge on any atom is -0.462 e. The first-order chi connectivity index (χ1) is 16.4. The molecule has 4 aromatic rings. The van der Waals surface area contributed by atoms with Crippen LogP contribution >= 0.6 is 23.2 Å². The van der Waals surface area contributed by atoms with Gasteiger partial charge in [-0.1, -0.05) is 71.7 Å². The standard InChI is InChI=1S/C27H22Cl2N2O3/c1-2-34-27(33)22-16-24(17-7-4-3-5-8-17)31(26(22)19-9-6-10-20(28)13-19)23-15-21(29)12-11-18(23)14-25(30)32/h3-13,15-16H,2,14H2,1H3,(H2,30,32). The fourth-order valence-corrected chi connectivity index (χ4v) is 4.31. The molecule has 5 nitrogen and oxygen atoms in total. The molecule has 172 valence electrons. The lowest BCUT2D eigenvalue weighted by Gasteiger charge is -2.19. The second kappa shape index (κ2) is 10.2. The molecule has 1 heterocycles. The summed E-state index contributed by atoms with van der Waals surface area (Å²) in [6.07, 6.45) is 0.00262. The summed E-state index contributed by atoms with van der Waals surface area (Å²) in [5, 5.41) is 0.996. The summed E-state index contributed by atoms with van der Waals surface area (Å²) in [6.45, 7) is 1.98. The predicted molar refractivity (Wildman–Crippen MR) is 136 cm³/mol. The third-order valence-corrected chi connectivity index (χ3v) is 5.79. The van der Waals surface area contributed by atoms with Crippen LogP contribution in [0.5, 0.6) is 0 Å². The highest BCUT2D eigenvalue weighted by Crippen LogP contribution is 2.39. The van der Waals surface area contributed by atoms with Crippen LogP contribution in [0.25, 0.3) is 28.2 Å². The number of hydrogen-bond acceptors (Lipinski definition) is 3. The quantitative estimate of drug-likeness (QED) is 0.306. The van der Waals surface area contributed by atoms with Gasteiger partial charge >= 0.3 is 5.97 Å². The zero-order valence-electron chi connectivity index (χ0n) is 18.4. The molecule has 0 unspecified atom stereocenters. The Balaban J connectivity index is 2.14. The first-order valence-corrected chi connectivity index (χ1v) is 11.5. The Labute approximate surface area is 207 Å². The zero-order chi connectivity index (χ0) is 24.2. The van der Waals surface area contributed by atoms with Crippen molar-refractivity contribution in [1.29, 1.82) is 0 Å². The van der Waals surface area contributed by atoms with E-state index in [2.05, 4.69) is 0 Å². The van der Waals surface area contributed by atoms with Crippen LogP contribution in [0.15, 0.2) is 78.9 Å². The third-order valence-electron chi connectivity index (χ3n) is 5.32. The van der Waals surface area contributed by atoms with Crippen molar-refractivity contribution in [3.05, 3.63) is 100 Å². The molecule has 0 bridgehead atoms. The maximum Gasteiger partial charge on any atom is 0.340 e. The Kier molecular flexibility index (Phi) is 7.06. The van der Waals surface area contributed by atoms with Crippen molar-refractivity contribution in [2.45, 2.75) is 13.3 Å². The number of carbonyl (C=O) groups is 2. The molecular formula is C27H22Cl2N2O3. The van der Waals surface area contributed by atoms with Gasteiger partial charge in [0.25, 0.3) is 0 Å². The van der Waals surface area contributed by atoms with Gasteiger partial charge in [-0.05, 0) is 48.4 Å². The lowest BCUT2D eigenvalue weighted by atomic mass is 10.1. The van der Waals surface area contributed by atoms with E-state index in [1.54, 1.807) is 43.3 Å². The highest BCUT2D eigenvalue weighted by molar-refractivity contribution is 6.31. The van der Waals surface area contributed by atoms with Gasteiger partial charge in [-0.2, -0.15) is 0 Å². The van der Waals surface area contributed by atoms with Gasteiger partial charge in [0.1, 0.15) is 0 Å². The molecule has 0 saturated heterocycles. The van der Waals surface area contributed by atoms with E-state index in [9.17, 15) is 9.59 Å². The summed E-state index contributed by atoms with van der Waals surface area (Å²) in [4.78, 5) is 25.0. The van der Waals surface area contributed by atoms with Crippen molar-refractivity contribution < 1.29 is 14.3 Å². The maximum absolute atomic E-state index is 13.1. The minimum atomic E-state index is -0.480. The predicted octanol–water partition coefficient (Wildman–Crippen LogP) is 6.32. The fourth-order valence-electron chi connectivity index (χ4n) is 3.95. The van der Waals surface area contributed by atoms with Crippen molar-refractivity contribution in [3.63, 3.8) is 0 Å². The first kappa shape index (κ1) is 23.6. The van der Waals surface area contributed by atoms with Crippen LogP contribution in [0.4, 0.5) is 0 Å².